The van der Waals surface area contributed by atoms with Crippen molar-refractivity contribution >= 4 is 0 Å². The Kier molecular flexibility index (Phi) is 4.70. The van der Waals surface area contributed by atoms with E-state index < -0.39 is 0 Å². The summed E-state index contributed by atoms with van der Waals surface area (Å²) in [5.74, 6) is 0.857. The van der Waals surface area contributed by atoms with Crippen LogP contribution in [0.15, 0.2) is 0 Å². The zero-order valence-electron chi connectivity index (χ0n) is 16.4. The molecule has 4 saturated heterocycles. The summed E-state index contributed by atoms with van der Waals surface area (Å²) in [5.41, 5.74) is 0.413. The maximum absolute atomic E-state index is 2.83. The Hall–Kier alpha value is -0.160. The van der Waals surface area contributed by atoms with Crippen LogP contribution in [-0.2, 0) is 0 Å². The Morgan fingerprint density at radius 1 is 0.917 bits per heavy atom. The lowest BCUT2D eigenvalue weighted by Crippen LogP contribution is -2.58. The van der Waals surface area contributed by atoms with E-state index in [1.165, 1.54) is 71.6 Å². The fourth-order valence-electron chi connectivity index (χ4n) is 6.00. The highest BCUT2D eigenvalue weighted by Crippen LogP contribution is 2.39. The zero-order chi connectivity index (χ0) is 16.9. The largest absolute Gasteiger partial charge is 0.298 e. The lowest BCUT2D eigenvalue weighted by molar-refractivity contribution is 0.0244. The van der Waals surface area contributed by atoms with Gasteiger partial charge in [-0.25, -0.2) is 0 Å². The van der Waals surface area contributed by atoms with E-state index >= 15 is 0 Å². The first-order valence-electron chi connectivity index (χ1n) is 10.4. The Bertz CT molecular complexity index is 453. The van der Waals surface area contributed by atoms with Gasteiger partial charge in [0.05, 0.1) is 0 Å². The van der Waals surface area contributed by atoms with Gasteiger partial charge in [0.15, 0.2) is 0 Å². The third-order valence-corrected chi connectivity index (χ3v) is 7.73. The van der Waals surface area contributed by atoms with Gasteiger partial charge < -0.3 is 0 Å². The van der Waals surface area contributed by atoms with Crippen LogP contribution >= 0.6 is 0 Å². The van der Waals surface area contributed by atoms with Crippen LogP contribution in [0.1, 0.15) is 47.0 Å². The predicted molar refractivity (Wildman–Crippen MR) is 100 cm³/mol. The first-order valence-corrected chi connectivity index (χ1v) is 10.4. The quantitative estimate of drug-likeness (QED) is 0.782. The normalized spacial score (nSPS) is 40.9. The zero-order valence-corrected chi connectivity index (χ0v) is 16.4. The number of rotatable bonds is 3. The van der Waals surface area contributed by atoms with Crippen molar-refractivity contribution in [3.63, 3.8) is 0 Å². The summed E-state index contributed by atoms with van der Waals surface area (Å²) in [4.78, 5) is 11.1. The van der Waals surface area contributed by atoms with Gasteiger partial charge in [0, 0.05) is 69.5 Å². The van der Waals surface area contributed by atoms with Crippen molar-refractivity contribution in [2.75, 3.05) is 52.4 Å². The van der Waals surface area contributed by atoms with E-state index in [2.05, 4.69) is 47.3 Å². The molecule has 4 heterocycles. The number of nitrogens with zero attached hydrogens (tertiary/aromatic N) is 4. The summed E-state index contributed by atoms with van der Waals surface area (Å²) in [6, 6.07) is 2.30. The second kappa shape index (κ2) is 6.53. The third-order valence-electron chi connectivity index (χ3n) is 7.73. The molecule has 4 aliphatic heterocycles. The van der Waals surface area contributed by atoms with E-state index in [1.807, 2.05) is 0 Å². The van der Waals surface area contributed by atoms with Crippen LogP contribution in [0.2, 0.25) is 0 Å². The molecule has 24 heavy (non-hydrogen) atoms. The molecule has 0 N–H and O–H groups in total. The van der Waals surface area contributed by atoms with Crippen molar-refractivity contribution in [1.82, 2.24) is 19.6 Å². The molecule has 0 amide bonds. The van der Waals surface area contributed by atoms with Crippen molar-refractivity contribution in [1.29, 1.82) is 0 Å². The molecule has 0 radical (unpaired) electrons. The van der Waals surface area contributed by atoms with Crippen LogP contribution in [0.4, 0.5) is 0 Å². The molecule has 0 aliphatic carbocycles. The second-order valence-corrected chi connectivity index (χ2v) is 9.54. The molecule has 4 rings (SSSR count). The lowest BCUT2D eigenvalue weighted by atomic mass is 9.88. The van der Waals surface area contributed by atoms with Gasteiger partial charge in [-0.1, -0.05) is 0 Å². The van der Waals surface area contributed by atoms with Gasteiger partial charge in [-0.05, 0) is 59.4 Å². The van der Waals surface area contributed by atoms with Gasteiger partial charge in [0.25, 0.3) is 0 Å². The second-order valence-electron chi connectivity index (χ2n) is 9.54. The summed E-state index contributed by atoms with van der Waals surface area (Å²) in [5, 5.41) is 0. The summed E-state index contributed by atoms with van der Waals surface area (Å²) in [6.45, 7) is 20.2. The van der Waals surface area contributed by atoms with Crippen molar-refractivity contribution in [2.45, 2.75) is 70.6 Å². The van der Waals surface area contributed by atoms with Gasteiger partial charge in [-0.15, -0.1) is 0 Å². The Morgan fingerprint density at radius 2 is 1.71 bits per heavy atom. The van der Waals surface area contributed by atoms with Gasteiger partial charge in [0.1, 0.15) is 0 Å². The third kappa shape index (κ3) is 3.04. The van der Waals surface area contributed by atoms with E-state index in [-0.39, 0.29) is 0 Å². The van der Waals surface area contributed by atoms with Crippen LogP contribution < -0.4 is 0 Å². The van der Waals surface area contributed by atoms with Gasteiger partial charge in [0.2, 0.25) is 0 Å². The fourth-order valence-corrected chi connectivity index (χ4v) is 6.00. The van der Waals surface area contributed by atoms with Crippen molar-refractivity contribution < 1.29 is 0 Å². The highest BCUT2D eigenvalue weighted by molar-refractivity contribution is 5.04. The first kappa shape index (κ1) is 17.3. The Labute approximate surface area is 149 Å². The van der Waals surface area contributed by atoms with Crippen LogP contribution in [0, 0.1) is 5.92 Å². The SMILES string of the molecule is CC(C)N1CCN2C[C@H]([C@@H](C)N3CCN4CCCC4C3)CC2(C)C1. The van der Waals surface area contributed by atoms with Crippen LogP contribution in [-0.4, -0.2) is 95.6 Å². The minimum Gasteiger partial charge on any atom is -0.298 e. The van der Waals surface area contributed by atoms with E-state index in [0.29, 0.717) is 11.6 Å². The smallest absolute Gasteiger partial charge is 0.0312 e. The van der Waals surface area contributed by atoms with Gasteiger partial charge >= 0.3 is 0 Å². The van der Waals surface area contributed by atoms with E-state index in [0.717, 1.165) is 18.0 Å². The summed E-state index contributed by atoms with van der Waals surface area (Å²) in [6.07, 6.45) is 4.25. The van der Waals surface area contributed by atoms with Gasteiger partial charge in [-0.3, -0.25) is 19.6 Å². The molecule has 0 saturated carbocycles. The number of hydrogen-bond acceptors (Lipinski definition) is 4. The molecule has 138 valence electrons. The van der Waals surface area contributed by atoms with Crippen molar-refractivity contribution in [3.8, 4) is 0 Å². The molecule has 4 nitrogen and oxygen atoms in total. The maximum atomic E-state index is 2.83. The average Bonchev–Trinajstić information content (AvgIpc) is 3.15. The van der Waals surface area contributed by atoms with Crippen LogP contribution in [0.3, 0.4) is 0 Å². The lowest BCUT2D eigenvalue weighted by Gasteiger charge is -2.46. The van der Waals surface area contributed by atoms with E-state index in [4.69, 9.17) is 0 Å². The average molecular weight is 335 g/mol. The Morgan fingerprint density at radius 3 is 2.50 bits per heavy atom. The molecule has 4 heteroatoms. The predicted octanol–water partition coefficient (Wildman–Crippen LogP) is 1.96. The molecule has 4 atom stereocenters. The molecular formula is C20H38N4. The highest BCUT2D eigenvalue weighted by Gasteiger charge is 2.48. The molecule has 0 bridgehead atoms. The number of hydrogen-bond donors (Lipinski definition) is 0. The molecule has 4 aliphatic rings. The summed E-state index contributed by atoms with van der Waals surface area (Å²) < 4.78 is 0. The van der Waals surface area contributed by atoms with Crippen molar-refractivity contribution in [2.24, 2.45) is 5.92 Å². The standard InChI is InChI=1S/C20H38N4/c1-16(2)23-10-11-24-13-18(12-20(24,4)15-23)17(3)22-9-8-21-7-5-6-19(21)14-22/h16-19H,5-15H2,1-4H3/t17-,18-,19?,20?/m1/s1. The summed E-state index contributed by atoms with van der Waals surface area (Å²) >= 11 is 0. The first-order chi connectivity index (χ1) is 11.5. The molecule has 0 spiro atoms. The monoisotopic (exact) mass is 334 g/mol. The number of piperazine rings is 2. The molecule has 0 aromatic heterocycles. The van der Waals surface area contributed by atoms with E-state index in [9.17, 15) is 0 Å². The van der Waals surface area contributed by atoms with Gasteiger partial charge in [-0.2, -0.15) is 0 Å². The van der Waals surface area contributed by atoms with E-state index in [1.54, 1.807) is 0 Å². The number of fused-ring (bicyclic) bond motifs is 2. The topological polar surface area (TPSA) is 13.0 Å². The molecular weight excluding hydrogens is 296 g/mol. The molecule has 2 unspecified atom stereocenters. The fraction of sp³-hybridized carbons (Fsp3) is 1.00. The highest BCUT2D eigenvalue weighted by atomic mass is 15.4. The summed E-state index contributed by atoms with van der Waals surface area (Å²) in [7, 11) is 0. The Balaban J connectivity index is 1.39. The van der Waals surface area contributed by atoms with Crippen molar-refractivity contribution in [3.05, 3.63) is 0 Å². The maximum Gasteiger partial charge on any atom is 0.0312 e. The molecule has 0 aromatic carbocycles. The van der Waals surface area contributed by atoms with Crippen LogP contribution in [0.5, 0.6) is 0 Å². The minimum atomic E-state index is 0.413. The molecule has 4 fully saturated rings. The minimum absolute atomic E-state index is 0.413. The van der Waals surface area contributed by atoms with Crippen LogP contribution in [0.25, 0.3) is 0 Å². The molecule has 0 aromatic rings.